The lowest BCUT2D eigenvalue weighted by Crippen LogP contribution is -2.10. The molecule has 0 heterocycles. The molecule has 9 heteroatoms. The third kappa shape index (κ3) is 2.90. The SMILES string of the molecule is O=[N+]([O-])c1cc(C(F)F)c(C(F)(F)F)cc1Br. The van der Waals surface area contributed by atoms with Crippen LogP contribution in [0.15, 0.2) is 16.6 Å². The van der Waals surface area contributed by atoms with Gasteiger partial charge in [-0.05, 0) is 22.0 Å². The van der Waals surface area contributed by atoms with Crippen molar-refractivity contribution in [3.63, 3.8) is 0 Å². The van der Waals surface area contributed by atoms with E-state index in [9.17, 15) is 32.1 Å². The van der Waals surface area contributed by atoms with E-state index in [-0.39, 0.29) is 12.1 Å². The summed E-state index contributed by atoms with van der Waals surface area (Å²) in [6, 6.07) is 0.497. The number of benzene rings is 1. The van der Waals surface area contributed by atoms with Gasteiger partial charge in [0.1, 0.15) is 0 Å². The van der Waals surface area contributed by atoms with Gasteiger partial charge in [-0.1, -0.05) is 0 Å². The lowest BCUT2D eigenvalue weighted by atomic mass is 10.1. The van der Waals surface area contributed by atoms with Gasteiger partial charge in [0, 0.05) is 11.6 Å². The minimum atomic E-state index is -5.00. The van der Waals surface area contributed by atoms with Crippen molar-refractivity contribution in [1.29, 1.82) is 0 Å². The molecule has 0 atom stereocenters. The van der Waals surface area contributed by atoms with Gasteiger partial charge in [0.05, 0.1) is 15.0 Å². The maximum Gasteiger partial charge on any atom is 0.416 e. The van der Waals surface area contributed by atoms with Crippen LogP contribution in [0, 0.1) is 10.1 Å². The van der Waals surface area contributed by atoms with Crippen molar-refractivity contribution < 1.29 is 26.9 Å². The molecular weight excluding hydrogens is 317 g/mol. The van der Waals surface area contributed by atoms with Crippen LogP contribution >= 0.6 is 15.9 Å². The van der Waals surface area contributed by atoms with Gasteiger partial charge in [-0.2, -0.15) is 13.2 Å². The molecule has 0 bridgehead atoms. The average Bonchev–Trinajstić information content (AvgIpc) is 2.14. The number of hydrogen-bond acceptors (Lipinski definition) is 2. The summed E-state index contributed by atoms with van der Waals surface area (Å²) in [5, 5.41) is 10.4. The normalized spacial score (nSPS) is 11.9. The quantitative estimate of drug-likeness (QED) is 0.463. The second-order valence-corrected chi connectivity index (χ2v) is 3.80. The highest BCUT2D eigenvalue weighted by atomic mass is 79.9. The molecule has 0 aromatic heterocycles. The molecule has 94 valence electrons. The summed E-state index contributed by atoms with van der Waals surface area (Å²) < 4.78 is 61.5. The van der Waals surface area contributed by atoms with Crippen LogP contribution in [0.25, 0.3) is 0 Å². The van der Waals surface area contributed by atoms with Crippen molar-refractivity contribution in [2.75, 3.05) is 0 Å². The number of nitrogens with zero attached hydrogens (tertiary/aromatic N) is 1. The van der Waals surface area contributed by atoms with Crippen LogP contribution in [-0.4, -0.2) is 4.92 Å². The van der Waals surface area contributed by atoms with E-state index in [1.165, 1.54) is 0 Å². The van der Waals surface area contributed by atoms with Gasteiger partial charge < -0.3 is 0 Å². The number of nitro benzene ring substituents is 1. The predicted octanol–water partition coefficient (Wildman–Crippen LogP) is 4.31. The lowest BCUT2D eigenvalue weighted by molar-refractivity contribution is -0.385. The van der Waals surface area contributed by atoms with Crippen LogP contribution in [0.5, 0.6) is 0 Å². The van der Waals surface area contributed by atoms with Crippen molar-refractivity contribution >= 4 is 21.6 Å². The number of hydrogen-bond donors (Lipinski definition) is 0. The molecule has 0 N–H and O–H groups in total. The van der Waals surface area contributed by atoms with E-state index in [0.29, 0.717) is 0 Å². The molecule has 0 aliphatic rings. The molecule has 0 spiro atoms. The lowest BCUT2D eigenvalue weighted by Gasteiger charge is -2.12. The van der Waals surface area contributed by atoms with E-state index in [0.717, 1.165) is 0 Å². The smallest absolute Gasteiger partial charge is 0.258 e. The van der Waals surface area contributed by atoms with Gasteiger partial charge >= 0.3 is 6.18 Å². The maximum absolute atomic E-state index is 12.4. The van der Waals surface area contributed by atoms with Crippen molar-refractivity contribution in [2.24, 2.45) is 0 Å². The molecular formula is C8H3BrF5NO2. The van der Waals surface area contributed by atoms with Gasteiger partial charge in [-0.3, -0.25) is 10.1 Å². The first-order chi connectivity index (χ1) is 7.64. The summed E-state index contributed by atoms with van der Waals surface area (Å²) in [5.74, 6) is 0. The molecule has 0 fully saturated rings. The van der Waals surface area contributed by atoms with E-state index < -0.39 is 38.8 Å². The summed E-state index contributed by atoms with van der Waals surface area (Å²) >= 11 is 2.54. The maximum atomic E-state index is 12.4. The first kappa shape index (κ1) is 13.8. The Morgan fingerprint density at radius 2 is 1.82 bits per heavy atom. The Labute approximate surface area is 99.5 Å². The van der Waals surface area contributed by atoms with Gasteiger partial charge in [0.25, 0.3) is 12.1 Å². The van der Waals surface area contributed by atoms with E-state index in [2.05, 4.69) is 15.9 Å². The van der Waals surface area contributed by atoms with Crippen molar-refractivity contribution in [3.05, 3.63) is 37.8 Å². The van der Waals surface area contributed by atoms with Gasteiger partial charge in [-0.25, -0.2) is 8.78 Å². The molecule has 0 amide bonds. The number of halogens is 6. The first-order valence-electron chi connectivity index (χ1n) is 3.97. The Bertz CT molecular complexity index is 460. The molecule has 0 saturated carbocycles. The summed E-state index contributed by atoms with van der Waals surface area (Å²) in [6.07, 6.45) is -8.44. The van der Waals surface area contributed by atoms with E-state index >= 15 is 0 Å². The van der Waals surface area contributed by atoms with E-state index in [1.54, 1.807) is 0 Å². The van der Waals surface area contributed by atoms with Crippen LogP contribution in [0.1, 0.15) is 17.6 Å². The van der Waals surface area contributed by atoms with Crippen LogP contribution < -0.4 is 0 Å². The highest BCUT2D eigenvalue weighted by molar-refractivity contribution is 9.10. The summed E-state index contributed by atoms with van der Waals surface area (Å²) in [7, 11) is 0. The summed E-state index contributed by atoms with van der Waals surface area (Å²) in [5.41, 5.74) is -3.84. The Kier molecular flexibility index (Phi) is 3.70. The third-order valence-corrected chi connectivity index (χ3v) is 2.49. The van der Waals surface area contributed by atoms with Gasteiger partial charge in [-0.15, -0.1) is 0 Å². The molecule has 1 aromatic rings. The fraction of sp³-hybridized carbons (Fsp3) is 0.250. The number of nitro groups is 1. The van der Waals surface area contributed by atoms with Crippen LogP contribution in [0.3, 0.4) is 0 Å². The highest BCUT2D eigenvalue weighted by Crippen LogP contribution is 2.41. The minimum Gasteiger partial charge on any atom is -0.258 e. The van der Waals surface area contributed by atoms with Crippen molar-refractivity contribution in [1.82, 2.24) is 0 Å². The van der Waals surface area contributed by atoms with Crippen molar-refractivity contribution in [2.45, 2.75) is 12.6 Å². The zero-order valence-electron chi connectivity index (χ0n) is 7.76. The minimum absolute atomic E-state index is 0.220. The molecule has 0 unspecified atom stereocenters. The fourth-order valence-electron chi connectivity index (χ4n) is 1.14. The Balaban J connectivity index is 3.53. The van der Waals surface area contributed by atoms with Gasteiger partial charge in [0.2, 0.25) is 0 Å². The number of alkyl halides is 5. The molecule has 17 heavy (non-hydrogen) atoms. The Morgan fingerprint density at radius 3 is 2.18 bits per heavy atom. The molecule has 0 radical (unpaired) electrons. The molecule has 0 aliphatic carbocycles. The zero-order valence-corrected chi connectivity index (χ0v) is 9.35. The van der Waals surface area contributed by atoms with Crippen LogP contribution in [0.4, 0.5) is 27.6 Å². The van der Waals surface area contributed by atoms with Crippen molar-refractivity contribution in [3.8, 4) is 0 Å². The van der Waals surface area contributed by atoms with Crippen LogP contribution in [0.2, 0.25) is 0 Å². The molecule has 1 aromatic carbocycles. The fourth-order valence-corrected chi connectivity index (χ4v) is 1.63. The Hall–Kier alpha value is -1.25. The zero-order chi connectivity index (χ0) is 13.4. The van der Waals surface area contributed by atoms with E-state index in [1.807, 2.05) is 0 Å². The molecule has 1 rings (SSSR count). The Morgan fingerprint density at radius 1 is 1.29 bits per heavy atom. The monoisotopic (exact) mass is 319 g/mol. The van der Waals surface area contributed by atoms with Gasteiger partial charge in [0.15, 0.2) is 0 Å². The average molecular weight is 320 g/mol. The topological polar surface area (TPSA) is 43.1 Å². The van der Waals surface area contributed by atoms with Crippen LogP contribution in [-0.2, 0) is 6.18 Å². The third-order valence-electron chi connectivity index (χ3n) is 1.86. The highest BCUT2D eigenvalue weighted by Gasteiger charge is 2.37. The standard InChI is InChI=1S/C8H3BrF5NO2/c9-5-2-4(8(12,13)14)3(7(10)11)1-6(5)15(16)17/h1-2,7H. The number of rotatable bonds is 2. The molecule has 3 nitrogen and oxygen atoms in total. The summed E-state index contributed by atoms with van der Waals surface area (Å²) in [6.45, 7) is 0. The predicted molar refractivity (Wildman–Crippen MR) is 50.8 cm³/mol. The summed E-state index contributed by atoms with van der Waals surface area (Å²) in [4.78, 5) is 9.36. The molecule has 0 saturated heterocycles. The molecule has 0 aliphatic heterocycles. The second kappa shape index (κ2) is 4.55. The second-order valence-electron chi connectivity index (χ2n) is 2.95. The largest absolute Gasteiger partial charge is 0.416 e. The van der Waals surface area contributed by atoms with E-state index in [4.69, 9.17) is 0 Å². The first-order valence-corrected chi connectivity index (χ1v) is 4.77.